The molecule has 0 spiro atoms. The lowest BCUT2D eigenvalue weighted by molar-refractivity contribution is 0.525. The second kappa shape index (κ2) is 6.90. The molecule has 0 aliphatic carbocycles. The van der Waals surface area contributed by atoms with Crippen LogP contribution in [0.25, 0.3) is 0 Å². The third kappa shape index (κ3) is 3.94. The number of benzene rings is 2. The van der Waals surface area contributed by atoms with E-state index in [0.29, 0.717) is 6.54 Å². The molecule has 2 atom stereocenters. The summed E-state index contributed by atoms with van der Waals surface area (Å²) in [5, 5.41) is 2.19. The van der Waals surface area contributed by atoms with Gasteiger partial charge in [0, 0.05) is 12.6 Å². The molecule has 1 heterocycles. The summed E-state index contributed by atoms with van der Waals surface area (Å²) >= 11 is 0. The Kier molecular flexibility index (Phi) is 4.99. The maximum atomic E-state index is 12.9. The summed E-state index contributed by atoms with van der Waals surface area (Å²) in [7, 11) is -7.11. The van der Waals surface area contributed by atoms with Crippen LogP contribution in [0.4, 0.5) is 0 Å². The molecule has 1 N–H and O–H groups in total. The summed E-state index contributed by atoms with van der Waals surface area (Å²) in [6.45, 7) is 2.41. The highest BCUT2D eigenvalue weighted by Crippen LogP contribution is 2.26. The van der Waals surface area contributed by atoms with Gasteiger partial charge >= 0.3 is 0 Å². The first-order valence-electron chi connectivity index (χ1n) is 8.07. The summed E-state index contributed by atoms with van der Waals surface area (Å²) in [4.78, 5) is 0.166. The van der Waals surface area contributed by atoms with Crippen molar-refractivity contribution in [1.82, 2.24) is 5.32 Å². The quantitative estimate of drug-likeness (QED) is 0.856. The molecule has 0 amide bonds. The maximum absolute atomic E-state index is 12.9. The standard InChI is InChI=1S/C18H21NO4S2/c1-14-7-5-6-8-15(14)11-19-17-12-24(20,21)13-18(17)25(22,23)16-9-3-2-4-10-16/h2-10,17-19H,11-13H2,1H3. The highest BCUT2D eigenvalue weighted by molar-refractivity contribution is 7.96. The Morgan fingerprint density at radius 2 is 1.64 bits per heavy atom. The van der Waals surface area contributed by atoms with Gasteiger partial charge in [-0.25, -0.2) is 16.8 Å². The zero-order valence-electron chi connectivity index (χ0n) is 13.9. The first-order chi connectivity index (χ1) is 11.8. The van der Waals surface area contributed by atoms with Crippen molar-refractivity contribution in [3.8, 4) is 0 Å². The number of nitrogens with one attached hydrogen (secondary N) is 1. The van der Waals surface area contributed by atoms with E-state index in [4.69, 9.17) is 0 Å². The molecule has 0 aromatic heterocycles. The van der Waals surface area contributed by atoms with E-state index in [0.717, 1.165) is 11.1 Å². The van der Waals surface area contributed by atoms with Crippen LogP contribution in [0.3, 0.4) is 0 Å². The average molecular weight is 380 g/mol. The number of hydrogen-bond acceptors (Lipinski definition) is 5. The lowest BCUT2D eigenvalue weighted by atomic mass is 10.1. The molecular formula is C18H21NO4S2. The third-order valence-corrected chi connectivity index (χ3v) is 8.75. The monoisotopic (exact) mass is 379 g/mol. The largest absolute Gasteiger partial charge is 0.308 e. The van der Waals surface area contributed by atoms with Gasteiger partial charge < -0.3 is 5.32 Å². The normalized spacial score (nSPS) is 22.8. The van der Waals surface area contributed by atoms with Crippen LogP contribution in [0.1, 0.15) is 11.1 Å². The Morgan fingerprint density at radius 3 is 2.32 bits per heavy atom. The molecule has 3 rings (SSSR count). The van der Waals surface area contributed by atoms with Crippen molar-refractivity contribution in [1.29, 1.82) is 0 Å². The highest BCUT2D eigenvalue weighted by atomic mass is 32.2. The molecule has 1 saturated heterocycles. The first kappa shape index (κ1) is 18.1. The predicted molar refractivity (Wildman–Crippen MR) is 97.9 cm³/mol. The van der Waals surface area contributed by atoms with E-state index >= 15 is 0 Å². The van der Waals surface area contributed by atoms with Crippen molar-refractivity contribution in [2.45, 2.75) is 29.7 Å². The Bertz CT molecular complexity index is 954. The summed E-state index contributed by atoms with van der Waals surface area (Å²) in [5.41, 5.74) is 2.11. The average Bonchev–Trinajstić information content (AvgIpc) is 2.90. The van der Waals surface area contributed by atoms with Gasteiger partial charge in [0.05, 0.1) is 21.7 Å². The van der Waals surface area contributed by atoms with Gasteiger partial charge in [-0.1, -0.05) is 42.5 Å². The van der Waals surface area contributed by atoms with E-state index < -0.39 is 31.0 Å². The Morgan fingerprint density at radius 1 is 1.00 bits per heavy atom. The van der Waals surface area contributed by atoms with Crippen LogP contribution >= 0.6 is 0 Å². The van der Waals surface area contributed by atoms with E-state index in [9.17, 15) is 16.8 Å². The fourth-order valence-corrected chi connectivity index (χ4v) is 7.88. The van der Waals surface area contributed by atoms with Crippen LogP contribution in [0.5, 0.6) is 0 Å². The molecule has 2 aromatic carbocycles. The minimum absolute atomic E-state index is 0.157. The van der Waals surface area contributed by atoms with Gasteiger partial charge in [-0.2, -0.15) is 0 Å². The van der Waals surface area contributed by atoms with Crippen molar-refractivity contribution in [3.63, 3.8) is 0 Å². The van der Waals surface area contributed by atoms with Crippen molar-refractivity contribution >= 4 is 19.7 Å². The lowest BCUT2D eigenvalue weighted by Crippen LogP contribution is -2.43. The van der Waals surface area contributed by atoms with Gasteiger partial charge in [-0.3, -0.25) is 0 Å². The molecule has 2 aromatic rings. The minimum Gasteiger partial charge on any atom is -0.308 e. The second-order valence-electron chi connectivity index (χ2n) is 6.39. The van der Waals surface area contributed by atoms with E-state index in [1.54, 1.807) is 18.2 Å². The molecule has 0 saturated carbocycles. The van der Waals surface area contributed by atoms with Crippen molar-refractivity contribution in [2.24, 2.45) is 0 Å². The van der Waals surface area contributed by atoms with Gasteiger partial charge in [0.25, 0.3) is 0 Å². The van der Waals surface area contributed by atoms with E-state index in [-0.39, 0.29) is 16.4 Å². The number of aryl methyl sites for hydroxylation is 1. The first-order valence-corrected chi connectivity index (χ1v) is 11.4. The molecule has 0 radical (unpaired) electrons. The van der Waals surface area contributed by atoms with Crippen LogP contribution in [0.15, 0.2) is 59.5 Å². The molecule has 7 heteroatoms. The molecule has 1 fully saturated rings. The predicted octanol–water partition coefficient (Wildman–Crippen LogP) is 1.72. The number of hydrogen-bond donors (Lipinski definition) is 1. The lowest BCUT2D eigenvalue weighted by Gasteiger charge is -2.20. The molecule has 0 bridgehead atoms. The summed E-state index contributed by atoms with van der Waals surface area (Å²) in [6, 6.07) is 15.2. The van der Waals surface area contributed by atoms with Gasteiger partial charge in [-0.15, -0.1) is 0 Å². The Balaban J connectivity index is 1.86. The van der Waals surface area contributed by atoms with Gasteiger partial charge in [0.15, 0.2) is 19.7 Å². The Labute approximate surface area is 148 Å². The van der Waals surface area contributed by atoms with Crippen molar-refractivity contribution in [3.05, 3.63) is 65.7 Å². The van der Waals surface area contributed by atoms with E-state index in [2.05, 4.69) is 5.32 Å². The van der Waals surface area contributed by atoms with Crippen LogP contribution in [-0.4, -0.2) is 39.6 Å². The maximum Gasteiger partial charge on any atom is 0.183 e. The van der Waals surface area contributed by atoms with E-state index in [1.165, 1.54) is 12.1 Å². The highest BCUT2D eigenvalue weighted by Gasteiger charge is 2.45. The number of sulfone groups is 2. The smallest absolute Gasteiger partial charge is 0.183 e. The van der Waals surface area contributed by atoms with Crippen LogP contribution in [0, 0.1) is 6.92 Å². The SMILES string of the molecule is Cc1ccccc1CNC1CS(=O)(=O)CC1S(=O)(=O)c1ccccc1. The van der Waals surface area contributed by atoms with Crippen molar-refractivity contribution < 1.29 is 16.8 Å². The molecule has 2 unspecified atom stereocenters. The topological polar surface area (TPSA) is 80.3 Å². The fraction of sp³-hybridized carbons (Fsp3) is 0.333. The molecule has 5 nitrogen and oxygen atoms in total. The third-order valence-electron chi connectivity index (χ3n) is 4.59. The Hall–Kier alpha value is -1.70. The summed E-state index contributed by atoms with van der Waals surface area (Å²) < 4.78 is 50.0. The second-order valence-corrected chi connectivity index (χ2v) is 10.7. The molecule has 1 aliphatic heterocycles. The molecule has 134 valence electrons. The molecule has 25 heavy (non-hydrogen) atoms. The summed E-state index contributed by atoms with van der Waals surface area (Å²) in [6.07, 6.45) is 0. The summed E-state index contributed by atoms with van der Waals surface area (Å²) in [5.74, 6) is -0.495. The molecular weight excluding hydrogens is 358 g/mol. The molecule has 1 aliphatic rings. The fourth-order valence-electron chi connectivity index (χ4n) is 3.15. The van der Waals surface area contributed by atoms with Gasteiger partial charge in [-0.05, 0) is 30.2 Å². The van der Waals surface area contributed by atoms with Gasteiger partial charge in [0.2, 0.25) is 0 Å². The van der Waals surface area contributed by atoms with Gasteiger partial charge in [0.1, 0.15) is 0 Å². The zero-order chi connectivity index (χ0) is 18.1. The zero-order valence-corrected chi connectivity index (χ0v) is 15.6. The van der Waals surface area contributed by atoms with Crippen LogP contribution in [0.2, 0.25) is 0 Å². The number of rotatable bonds is 5. The van der Waals surface area contributed by atoms with Crippen LogP contribution < -0.4 is 5.32 Å². The minimum atomic E-state index is -3.72. The van der Waals surface area contributed by atoms with E-state index in [1.807, 2.05) is 31.2 Å². The van der Waals surface area contributed by atoms with Crippen molar-refractivity contribution in [2.75, 3.05) is 11.5 Å². The van der Waals surface area contributed by atoms with Crippen LogP contribution in [-0.2, 0) is 26.2 Å².